The molecule has 2 aromatic rings. The van der Waals surface area contributed by atoms with E-state index in [4.69, 9.17) is 4.74 Å². The van der Waals surface area contributed by atoms with Crippen LogP contribution in [0.3, 0.4) is 0 Å². The van der Waals surface area contributed by atoms with Crippen LogP contribution in [0.2, 0.25) is 0 Å². The van der Waals surface area contributed by atoms with Gasteiger partial charge >= 0.3 is 0 Å². The predicted molar refractivity (Wildman–Crippen MR) is 102 cm³/mol. The highest BCUT2D eigenvalue weighted by Crippen LogP contribution is 2.43. The lowest BCUT2D eigenvalue weighted by Crippen LogP contribution is -2.36. The van der Waals surface area contributed by atoms with Crippen molar-refractivity contribution in [2.45, 2.75) is 57.5 Å². The molecule has 0 spiro atoms. The summed E-state index contributed by atoms with van der Waals surface area (Å²) < 4.78 is 5.44. The standard InChI is InChI=1S/C20H25N3O2S/c1-12-3-4-14(19(24)11-20-23-22-13(2)26-20)9-16(12)17-10-18(17)21-15-5-7-25-8-6-15/h3-4,9,15,17-18,21H,5-8,10-11H2,1-2H3. The SMILES string of the molecule is Cc1nnc(CC(=O)c2ccc(C)c(C3CC3NC3CCOCC3)c2)s1. The molecule has 138 valence electrons. The number of Topliss-reactive ketones (excluding diaryl/α,β-unsaturated/α-hetero) is 1. The molecule has 1 aromatic carbocycles. The molecular weight excluding hydrogens is 346 g/mol. The van der Waals surface area contributed by atoms with Gasteiger partial charge in [-0.25, -0.2) is 0 Å². The van der Waals surface area contributed by atoms with Gasteiger partial charge in [-0.2, -0.15) is 0 Å². The molecule has 1 aliphatic carbocycles. The second kappa shape index (κ2) is 7.55. The van der Waals surface area contributed by atoms with Crippen molar-refractivity contribution in [3.8, 4) is 0 Å². The van der Waals surface area contributed by atoms with Crippen LogP contribution in [-0.2, 0) is 11.2 Å². The fourth-order valence-corrected chi connectivity index (χ4v) is 4.46. The quantitative estimate of drug-likeness (QED) is 0.790. The van der Waals surface area contributed by atoms with Crippen molar-refractivity contribution in [2.75, 3.05) is 13.2 Å². The third-order valence-electron chi connectivity index (χ3n) is 5.34. The first-order valence-corrected chi connectivity index (χ1v) is 10.2. The van der Waals surface area contributed by atoms with Gasteiger partial charge in [-0.3, -0.25) is 4.79 Å². The van der Waals surface area contributed by atoms with Crippen molar-refractivity contribution in [2.24, 2.45) is 0 Å². The molecule has 2 heterocycles. The number of aromatic nitrogens is 2. The minimum absolute atomic E-state index is 0.122. The molecule has 2 aliphatic rings. The molecule has 2 fully saturated rings. The van der Waals surface area contributed by atoms with Crippen LogP contribution in [-0.4, -0.2) is 41.3 Å². The van der Waals surface area contributed by atoms with E-state index in [1.165, 1.54) is 22.5 Å². The molecule has 1 aromatic heterocycles. The minimum atomic E-state index is 0.122. The number of ether oxygens (including phenoxy) is 1. The van der Waals surface area contributed by atoms with Gasteiger partial charge in [0.25, 0.3) is 0 Å². The third kappa shape index (κ3) is 4.03. The summed E-state index contributed by atoms with van der Waals surface area (Å²) in [7, 11) is 0. The number of rotatable bonds is 6. The Labute approximate surface area is 158 Å². The van der Waals surface area contributed by atoms with Crippen molar-refractivity contribution in [1.29, 1.82) is 0 Å². The molecule has 1 N–H and O–H groups in total. The maximum Gasteiger partial charge on any atom is 0.169 e. The summed E-state index contributed by atoms with van der Waals surface area (Å²) in [5, 5.41) is 13.5. The number of nitrogens with one attached hydrogen (secondary N) is 1. The monoisotopic (exact) mass is 371 g/mol. The molecular formula is C20H25N3O2S. The maximum atomic E-state index is 12.6. The van der Waals surface area contributed by atoms with Crippen LogP contribution in [0, 0.1) is 13.8 Å². The van der Waals surface area contributed by atoms with E-state index in [9.17, 15) is 4.79 Å². The summed E-state index contributed by atoms with van der Waals surface area (Å²) in [6.45, 7) is 5.78. The molecule has 2 atom stereocenters. The largest absolute Gasteiger partial charge is 0.381 e. The van der Waals surface area contributed by atoms with E-state index in [1.807, 2.05) is 13.0 Å². The topological polar surface area (TPSA) is 64.1 Å². The first-order chi connectivity index (χ1) is 12.6. The zero-order chi connectivity index (χ0) is 18.1. The van der Waals surface area contributed by atoms with Gasteiger partial charge in [-0.1, -0.05) is 12.1 Å². The van der Waals surface area contributed by atoms with Crippen molar-refractivity contribution in [3.63, 3.8) is 0 Å². The fourth-order valence-electron chi connectivity index (χ4n) is 3.75. The number of hydrogen-bond donors (Lipinski definition) is 1. The zero-order valence-electron chi connectivity index (χ0n) is 15.3. The summed E-state index contributed by atoms with van der Waals surface area (Å²) in [6, 6.07) is 7.23. The summed E-state index contributed by atoms with van der Waals surface area (Å²) >= 11 is 1.49. The molecule has 5 nitrogen and oxygen atoms in total. The molecule has 1 aliphatic heterocycles. The summed E-state index contributed by atoms with van der Waals surface area (Å²) in [6.07, 6.45) is 3.69. The average Bonchev–Trinajstić information content (AvgIpc) is 3.27. The van der Waals surface area contributed by atoms with Crippen LogP contribution in [0.4, 0.5) is 0 Å². The van der Waals surface area contributed by atoms with Crippen LogP contribution in [0.15, 0.2) is 18.2 Å². The molecule has 4 rings (SSSR count). The highest BCUT2D eigenvalue weighted by Gasteiger charge is 2.40. The normalized spacial score (nSPS) is 23.2. The number of hydrogen-bond acceptors (Lipinski definition) is 6. The first-order valence-electron chi connectivity index (χ1n) is 9.36. The number of ketones is 1. The third-order valence-corrected chi connectivity index (χ3v) is 6.18. The van der Waals surface area contributed by atoms with Gasteiger partial charge in [0.15, 0.2) is 5.78 Å². The Balaban J connectivity index is 1.42. The molecule has 0 amide bonds. The summed E-state index contributed by atoms with van der Waals surface area (Å²) in [5.74, 6) is 0.645. The van der Waals surface area contributed by atoms with Crippen LogP contribution in [0.1, 0.15) is 56.7 Å². The van der Waals surface area contributed by atoms with E-state index in [1.54, 1.807) is 0 Å². The number of carbonyl (C=O) groups excluding carboxylic acids is 1. The maximum absolute atomic E-state index is 12.6. The van der Waals surface area contributed by atoms with E-state index in [0.717, 1.165) is 48.1 Å². The van der Waals surface area contributed by atoms with E-state index in [-0.39, 0.29) is 5.78 Å². The van der Waals surface area contributed by atoms with Gasteiger partial charge in [-0.15, -0.1) is 21.5 Å². The first kappa shape index (κ1) is 17.8. The smallest absolute Gasteiger partial charge is 0.169 e. The van der Waals surface area contributed by atoms with E-state index >= 15 is 0 Å². The van der Waals surface area contributed by atoms with Crippen LogP contribution < -0.4 is 5.32 Å². The molecule has 6 heteroatoms. The van der Waals surface area contributed by atoms with Crippen molar-refractivity contribution >= 4 is 17.1 Å². The number of nitrogens with zero attached hydrogens (tertiary/aromatic N) is 2. The molecule has 0 radical (unpaired) electrons. The molecule has 0 bridgehead atoms. The lowest BCUT2D eigenvalue weighted by molar-refractivity contribution is 0.0774. The number of aryl methyl sites for hydroxylation is 2. The summed E-state index contributed by atoms with van der Waals surface area (Å²) in [5.41, 5.74) is 3.37. The van der Waals surface area contributed by atoms with Gasteiger partial charge < -0.3 is 10.1 Å². The number of benzene rings is 1. The van der Waals surface area contributed by atoms with Crippen LogP contribution >= 0.6 is 11.3 Å². The average molecular weight is 372 g/mol. The van der Waals surface area contributed by atoms with Crippen LogP contribution in [0.25, 0.3) is 0 Å². The fraction of sp³-hybridized carbons (Fsp3) is 0.550. The lowest BCUT2D eigenvalue weighted by Gasteiger charge is -2.23. The minimum Gasteiger partial charge on any atom is -0.381 e. The Kier molecular flexibility index (Phi) is 5.16. The molecule has 1 saturated carbocycles. The van der Waals surface area contributed by atoms with Gasteiger partial charge in [-0.05, 0) is 50.3 Å². The lowest BCUT2D eigenvalue weighted by atomic mass is 9.98. The predicted octanol–water partition coefficient (Wildman–Crippen LogP) is 3.20. The Morgan fingerprint density at radius 2 is 2.08 bits per heavy atom. The van der Waals surface area contributed by atoms with Gasteiger partial charge in [0.1, 0.15) is 10.0 Å². The Morgan fingerprint density at radius 1 is 1.27 bits per heavy atom. The number of carbonyl (C=O) groups is 1. The van der Waals surface area contributed by atoms with E-state index < -0.39 is 0 Å². The van der Waals surface area contributed by atoms with Crippen molar-refractivity contribution in [3.05, 3.63) is 44.9 Å². The molecule has 2 unspecified atom stereocenters. The van der Waals surface area contributed by atoms with Crippen molar-refractivity contribution < 1.29 is 9.53 Å². The van der Waals surface area contributed by atoms with E-state index in [2.05, 4.69) is 34.6 Å². The second-order valence-corrected chi connectivity index (χ2v) is 8.65. The van der Waals surface area contributed by atoms with Gasteiger partial charge in [0, 0.05) is 36.8 Å². The van der Waals surface area contributed by atoms with Crippen LogP contribution in [0.5, 0.6) is 0 Å². The van der Waals surface area contributed by atoms with Gasteiger partial charge in [0.05, 0.1) is 6.42 Å². The van der Waals surface area contributed by atoms with E-state index in [0.29, 0.717) is 24.4 Å². The second-order valence-electron chi connectivity index (χ2n) is 7.39. The Bertz CT molecular complexity index is 798. The highest BCUT2D eigenvalue weighted by atomic mass is 32.1. The molecule has 26 heavy (non-hydrogen) atoms. The highest BCUT2D eigenvalue weighted by molar-refractivity contribution is 7.11. The Morgan fingerprint density at radius 3 is 2.81 bits per heavy atom. The Hall–Kier alpha value is -1.63. The zero-order valence-corrected chi connectivity index (χ0v) is 16.1. The van der Waals surface area contributed by atoms with Crippen molar-refractivity contribution in [1.82, 2.24) is 15.5 Å². The summed E-state index contributed by atoms with van der Waals surface area (Å²) in [4.78, 5) is 12.6. The van der Waals surface area contributed by atoms with Gasteiger partial charge in [0.2, 0.25) is 0 Å². The molecule has 1 saturated heterocycles.